The van der Waals surface area contributed by atoms with Crippen molar-refractivity contribution < 1.29 is 27.1 Å². The number of carbonyl (C=O) groups excluding carboxylic acids is 1. The van der Waals surface area contributed by atoms with E-state index in [0.717, 1.165) is 12.0 Å². The molecule has 0 aliphatic carbocycles. The second-order valence-corrected chi connectivity index (χ2v) is 13.3. The van der Waals surface area contributed by atoms with Crippen LogP contribution < -0.4 is 14.4 Å². The number of methoxy groups -OCH3 is 1. The molecule has 0 saturated carbocycles. The van der Waals surface area contributed by atoms with Gasteiger partial charge in [-0.25, -0.2) is 17.8 Å². The van der Waals surface area contributed by atoms with E-state index in [1.807, 2.05) is 4.90 Å². The number of halogens is 1. The molecule has 2 aliphatic heterocycles. The lowest BCUT2D eigenvalue weighted by atomic mass is 9.77. The number of carbonyl (C=O) groups is 1. The molecule has 230 valence electrons. The van der Waals surface area contributed by atoms with E-state index in [2.05, 4.69) is 14.9 Å². The average Bonchev–Trinajstić information content (AvgIpc) is 3.27. The predicted molar refractivity (Wildman–Crippen MR) is 160 cm³/mol. The number of rotatable bonds is 10. The summed E-state index contributed by atoms with van der Waals surface area (Å²) < 4.78 is 52.2. The smallest absolute Gasteiger partial charge is 0.243 e. The summed E-state index contributed by atoms with van der Waals surface area (Å²) in [7, 11) is -0.653. The van der Waals surface area contributed by atoms with E-state index in [4.69, 9.17) is 9.47 Å². The van der Waals surface area contributed by atoms with Crippen molar-refractivity contribution in [2.75, 3.05) is 51.8 Å². The Morgan fingerprint density at radius 2 is 1.67 bits per heavy atom. The number of piperidine rings is 1. The molecule has 12 heteroatoms. The maximum atomic E-state index is 13.4. The van der Waals surface area contributed by atoms with Gasteiger partial charge in [-0.1, -0.05) is 12.1 Å². The molecule has 43 heavy (non-hydrogen) atoms. The number of hydrogen-bond donors (Lipinski definition) is 0. The third-order valence-electron chi connectivity index (χ3n) is 8.50. The van der Waals surface area contributed by atoms with Crippen LogP contribution in [0.15, 0.2) is 53.6 Å². The number of likely N-dealkylation sites (tertiary alicyclic amines) is 1. The van der Waals surface area contributed by atoms with E-state index in [-0.39, 0.29) is 35.2 Å². The number of aryl methyl sites for hydroxylation is 2. The lowest BCUT2D eigenvalue weighted by Crippen LogP contribution is -2.45. The highest BCUT2D eigenvalue weighted by molar-refractivity contribution is 7.89. The third kappa shape index (κ3) is 6.45. The molecule has 1 amide bonds. The van der Waals surface area contributed by atoms with Crippen molar-refractivity contribution in [1.82, 2.24) is 19.2 Å². The standard InChI is InChI=1S/C31H38FN5O5S/c1-22-19-26(41-4)20-23(2)28(22)43(39,40)35(3)17-18-42-27-9-13-33-30(34-27)36-14-10-31(11-15-36)12-16-37(29(31)38)21-24-5-7-25(32)8-6-24/h5-9,13,19-20H,10-12,14-18,21H2,1-4H3. The van der Waals surface area contributed by atoms with E-state index in [1.165, 1.54) is 23.5 Å². The number of amides is 1. The molecule has 10 nitrogen and oxygen atoms in total. The van der Waals surface area contributed by atoms with Crippen LogP contribution in [0.3, 0.4) is 0 Å². The fraction of sp³-hybridized carbons (Fsp3) is 0.452. The normalized spacial score (nSPS) is 16.7. The minimum Gasteiger partial charge on any atom is -0.497 e. The topological polar surface area (TPSA) is 105 Å². The van der Waals surface area contributed by atoms with Crippen molar-refractivity contribution >= 4 is 21.9 Å². The summed E-state index contributed by atoms with van der Waals surface area (Å²) in [5, 5.41) is 0. The fourth-order valence-corrected chi connectivity index (χ4v) is 7.57. The van der Waals surface area contributed by atoms with Crippen LogP contribution in [0.1, 0.15) is 36.0 Å². The lowest BCUT2D eigenvalue weighted by Gasteiger charge is -2.38. The zero-order valence-electron chi connectivity index (χ0n) is 25.0. The number of aromatic nitrogens is 2. The van der Waals surface area contributed by atoms with Crippen LogP contribution in [0, 0.1) is 25.1 Å². The first-order chi connectivity index (χ1) is 20.5. The van der Waals surface area contributed by atoms with Gasteiger partial charge in [0.15, 0.2) is 0 Å². The third-order valence-corrected chi connectivity index (χ3v) is 10.7. The van der Waals surface area contributed by atoms with Crippen molar-refractivity contribution in [3.63, 3.8) is 0 Å². The lowest BCUT2D eigenvalue weighted by molar-refractivity contribution is -0.137. The molecule has 0 N–H and O–H groups in total. The van der Waals surface area contributed by atoms with Crippen LogP contribution in [0.5, 0.6) is 11.6 Å². The molecule has 1 aromatic heterocycles. The first-order valence-corrected chi connectivity index (χ1v) is 15.8. The highest BCUT2D eigenvalue weighted by Gasteiger charge is 2.48. The number of anilines is 1. The SMILES string of the molecule is COc1cc(C)c(S(=O)(=O)N(C)CCOc2ccnc(N3CCC4(CCN(Cc5ccc(F)cc5)C4=O)CC3)n2)c(C)c1. The maximum absolute atomic E-state index is 13.4. The van der Waals surface area contributed by atoms with Gasteiger partial charge in [-0.3, -0.25) is 4.79 Å². The predicted octanol–water partition coefficient (Wildman–Crippen LogP) is 3.96. The quantitative estimate of drug-likeness (QED) is 0.339. The molecule has 2 aliphatic rings. The summed E-state index contributed by atoms with van der Waals surface area (Å²) >= 11 is 0. The van der Waals surface area contributed by atoms with Gasteiger partial charge in [-0.2, -0.15) is 9.29 Å². The summed E-state index contributed by atoms with van der Waals surface area (Å²) in [5.74, 6) is 1.37. The number of sulfonamides is 1. The number of ether oxygens (including phenoxy) is 2. The Hall–Kier alpha value is -3.77. The molecule has 0 unspecified atom stereocenters. The van der Waals surface area contributed by atoms with Crippen molar-refractivity contribution in [2.45, 2.75) is 44.6 Å². The molecule has 3 aromatic rings. The first-order valence-electron chi connectivity index (χ1n) is 14.4. The summed E-state index contributed by atoms with van der Waals surface area (Å²) in [6.07, 6.45) is 3.83. The monoisotopic (exact) mass is 611 g/mol. The molecule has 0 bridgehead atoms. The average molecular weight is 612 g/mol. The van der Waals surface area contributed by atoms with Crippen LogP contribution in [-0.2, 0) is 21.4 Å². The molecule has 0 atom stereocenters. The summed E-state index contributed by atoms with van der Waals surface area (Å²) in [6, 6.07) is 11.4. The molecular formula is C31H38FN5O5S. The number of benzene rings is 2. The Morgan fingerprint density at radius 3 is 2.33 bits per heavy atom. The van der Waals surface area contributed by atoms with Crippen LogP contribution in [0.4, 0.5) is 10.3 Å². The van der Waals surface area contributed by atoms with Gasteiger partial charge < -0.3 is 19.3 Å². The number of likely N-dealkylation sites (N-methyl/N-ethyl adjacent to an activating group) is 1. The Bertz CT molecular complexity index is 1550. The van der Waals surface area contributed by atoms with E-state index in [9.17, 15) is 17.6 Å². The van der Waals surface area contributed by atoms with Gasteiger partial charge in [-0.05, 0) is 74.1 Å². The molecule has 0 radical (unpaired) electrons. The van der Waals surface area contributed by atoms with Crippen LogP contribution in [0.2, 0.25) is 0 Å². The van der Waals surface area contributed by atoms with E-state index in [1.54, 1.807) is 57.5 Å². The minimum absolute atomic E-state index is 0.113. The largest absolute Gasteiger partial charge is 0.497 e. The van der Waals surface area contributed by atoms with E-state index >= 15 is 0 Å². The summed E-state index contributed by atoms with van der Waals surface area (Å²) in [5.41, 5.74) is 1.77. The van der Waals surface area contributed by atoms with Crippen LogP contribution >= 0.6 is 0 Å². The Morgan fingerprint density at radius 1 is 1.02 bits per heavy atom. The van der Waals surface area contributed by atoms with Gasteiger partial charge >= 0.3 is 0 Å². The van der Waals surface area contributed by atoms with Gasteiger partial charge in [0.05, 0.1) is 17.4 Å². The van der Waals surface area contributed by atoms with Gasteiger partial charge in [0.25, 0.3) is 0 Å². The van der Waals surface area contributed by atoms with Gasteiger partial charge in [0.2, 0.25) is 27.8 Å². The second-order valence-electron chi connectivity index (χ2n) is 11.3. The van der Waals surface area contributed by atoms with E-state index in [0.29, 0.717) is 67.7 Å². The van der Waals surface area contributed by atoms with Gasteiger partial charge in [-0.15, -0.1) is 0 Å². The highest BCUT2D eigenvalue weighted by Crippen LogP contribution is 2.42. The number of hydrogen-bond acceptors (Lipinski definition) is 8. The van der Waals surface area contributed by atoms with E-state index < -0.39 is 10.0 Å². The molecule has 1 spiro atoms. The van der Waals surface area contributed by atoms with Crippen molar-refractivity contribution in [1.29, 1.82) is 0 Å². The molecule has 3 heterocycles. The molecular weight excluding hydrogens is 573 g/mol. The van der Waals surface area contributed by atoms with Crippen molar-refractivity contribution in [2.24, 2.45) is 5.41 Å². The molecule has 2 fully saturated rings. The molecule has 2 saturated heterocycles. The van der Waals surface area contributed by atoms with Crippen molar-refractivity contribution in [3.8, 4) is 11.6 Å². The fourth-order valence-electron chi connectivity index (χ4n) is 6.01. The minimum atomic E-state index is -3.73. The van der Waals surface area contributed by atoms with Crippen molar-refractivity contribution in [3.05, 3.63) is 71.2 Å². The first kappa shape index (κ1) is 30.7. The Kier molecular flexibility index (Phi) is 8.89. The van der Waals surface area contributed by atoms with Gasteiger partial charge in [0, 0.05) is 52.0 Å². The highest BCUT2D eigenvalue weighted by atomic mass is 32.2. The summed E-state index contributed by atoms with van der Waals surface area (Å²) in [4.78, 5) is 26.6. The maximum Gasteiger partial charge on any atom is 0.243 e. The van der Waals surface area contributed by atoms with Gasteiger partial charge in [0.1, 0.15) is 18.2 Å². The zero-order chi connectivity index (χ0) is 30.8. The number of nitrogens with zero attached hydrogens (tertiary/aromatic N) is 5. The van der Waals surface area contributed by atoms with Crippen LogP contribution in [0.25, 0.3) is 0 Å². The molecule has 5 rings (SSSR count). The molecule has 2 aromatic carbocycles. The Balaban J connectivity index is 1.15. The Labute approximate surface area is 252 Å². The summed E-state index contributed by atoms with van der Waals surface area (Å²) in [6.45, 7) is 6.22. The second kappa shape index (κ2) is 12.5. The zero-order valence-corrected chi connectivity index (χ0v) is 25.9. The van der Waals surface area contributed by atoms with Crippen LogP contribution in [-0.4, -0.2) is 80.4 Å².